The quantitative estimate of drug-likeness (QED) is 0.314. The molecule has 1 aromatic carbocycles. The number of rotatable bonds is 8. The smallest absolute Gasteiger partial charge is 0.340 e. The third-order valence-electron chi connectivity index (χ3n) is 3.27. The van der Waals surface area contributed by atoms with Gasteiger partial charge in [-0.25, -0.2) is 13.8 Å². The van der Waals surface area contributed by atoms with Crippen LogP contribution in [0.25, 0.3) is 6.08 Å². The van der Waals surface area contributed by atoms with Crippen LogP contribution in [0.1, 0.15) is 5.56 Å². The molecule has 2 aromatic rings. The number of aromatic nitrogens is 1. The van der Waals surface area contributed by atoms with Gasteiger partial charge in [0.15, 0.2) is 6.61 Å². The minimum absolute atomic E-state index is 0.0821. The summed E-state index contributed by atoms with van der Waals surface area (Å²) in [6, 6.07) is 7.93. The molecule has 28 heavy (non-hydrogen) atoms. The molecule has 0 aliphatic rings. The molecule has 0 radical (unpaired) electrons. The summed E-state index contributed by atoms with van der Waals surface area (Å²) >= 11 is 0. The Labute approximate surface area is 155 Å². The van der Waals surface area contributed by atoms with E-state index in [1.807, 2.05) is 0 Å². The molecule has 1 amide bonds. The zero-order chi connectivity index (χ0) is 20.7. The Bertz CT molecular complexity index is 856. The van der Waals surface area contributed by atoms with E-state index in [1.54, 1.807) is 0 Å². The number of carbonyl (C=O) groups excluding carboxylic acids is 1. The molecule has 0 spiro atoms. The maximum atomic E-state index is 12.8. The summed E-state index contributed by atoms with van der Waals surface area (Å²) in [6.45, 7) is -1.53. The first-order valence-corrected chi connectivity index (χ1v) is 7.66. The topological polar surface area (TPSA) is 94.4 Å². The van der Waals surface area contributed by atoms with E-state index in [0.29, 0.717) is 5.56 Å². The molecule has 7 nitrogen and oxygen atoms in total. The molecule has 0 aliphatic carbocycles. The highest BCUT2D eigenvalue weighted by atomic mass is 19.3. The van der Waals surface area contributed by atoms with Gasteiger partial charge in [0.2, 0.25) is 11.8 Å². The number of nitro benzene ring substituents is 1. The molecule has 1 heterocycles. The van der Waals surface area contributed by atoms with Crippen molar-refractivity contribution in [1.82, 2.24) is 4.98 Å². The van der Waals surface area contributed by atoms with Crippen LogP contribution in [0.3, 0.4) is 0 Å². The minimum atomic E-state index is -4.29. The molecule has 0 unspecified atom stereocenters. The van der Waals surface area contributed by atoms with E-state index in [9.17, 15) is 32.5 Å². The fourth-order valence-electron chi connectivity index (χ4n) is 1.84. The number of ether oxygens (including phenoxy) is 1. The fraction of sp³-hybridized carbons (Fsp3) is 0.176. The zero-order valence-corrected chi connectivity index (χ0v) is 14.0. The number of nitrogens with zero attached hydrogens (tertiary/aromatic N) is 2. The van der Waals surface area contributed by atoms with Gasteiger partial charge in [-0.1, -0.05) is 0 Å². The summed E-state index contributed by atoms with van der Waals surface area (Å²) in [5.41, 5.74) is 0.690. The molecule has 0 bridgehead atoms. The summed E-state index contributed by atoms with van der Waals surface area (Å²) < 4.78 is 54.1. The SMILES string of the molecule is O=C(C=Cc1ccc([N+](=O)[O-])cc1)Nc1ccc(OCC(F)(F)C(F)F)nc1. The fourth-order valence-corrected chi connectivity index (χ4v) is 1.84. The van der Waals surface area contributed by atoms with Crippen molar-refractivity contribution in [3.63, 3.8) is 0 Å². The number of nitro groups is 1. The lowest BCUT2D eigenvalue weighted by Crippen LogP contribution is -2.33. The molecule has 0 fully saturated rings. The number of pyridine rings is 1. The van der Waals surface area contributed by atoms with Crippen molar-refractivity contribution in [2.45, 2.75) is 12.3 Å². The minimum Gasteiger partial charge on any atom is -0.471 e. The molecular weight excluding hydrogens is 386 g/mol. The van der Waals surface area contributed by atoms with Gasteiger partial charge in [0, 0.05) is 24.3 Å². The van der Waals surface area contributed by atoms with Crippen molar-refractivity contribution >= 4 is 23.4 Å². The van der Waals surface area contributed by atoms with Crippen LogP contribution in [0.15, 0.2) is 48.7 Å². The number of non-ortho nitro benzene ring substituents is 1. The van der Waals surface area contributed by atoms with Crippen LogP contribution < -0.4 is 10.1 Å². The molecule has 1 aromatic heterocycles. The maximum Gasteiger partial charge on any atom is 0.340 e. The molecule has 0 saturated heterocycles. The standard InChI is InChI=1S/C17H13F4N3O4/c18-16(19)17(20,21)10-28-15-8-4-12(9-22-15)23-14(25)7-3-11-1-5-13(6-2-11)24(26)27/h1-9,16H,10H2,(H,23,25). The van der Waals surface area contributed by atoms with Gasteiger partial charge in [0.1, 0.15) is 0 Å². The number of amides is 1. The third kappa shape index (κ3) is 6.04. The van der Waals surface area contributed by atoms with Crippen LogP contribution in [0.5, 0.6) is 5.88 Å². The average molecular weight is 399 g/mol. The Balaban J connectivity index is 1.89. The lowest BCUT2D eigenvalue weighted by atomic mass is 10.2. The lowest BCUT2D eigenvalue weighted by Gasteiger charge is -2.15. The second kappa shape index (κ2) is 8.93. The summed E-state index contributed by atoms with van der Waals surface area (Å²) in [6.07, 6.45) is -0.146. The van der Waals surface area contributed by atoms with Crippen molar-refractivity contribution in [2.24, 2.45) is 0 Å². The molecule has 0 atom stereocenters. The highest BCUT2D eigenvalue weighted by Crippen LogP contribution is 2.24. The summed E-state index contributed by atoms with van der Waals surface area (Å²) in [4.78, 5) is 25.5. The van der Waals surface area contributed by atoms with Gasteiger partial charge >= 0.3 is 12.3 Å². The summed E-state index contributed by atoms with van der Waals surface area (Å²) in [7, 11) is 0. The Morgan fingerprint density at radius 1 is 1.25 bits per heavy atom. The number of hydrogen-bond acceptors (Lipinski definition) is 5. The second-order valence-electron chi connectivity index (χ2n) is 5.41. The van der Waals surface area contributed by atoms with Gasteiger partial charge in [-0.15, -0.1) is 0 Å². The largest absolute Gasteiger partial charge is 0.471 e. The molecule has 0 aliphatic heterocycles. The van der Waals surface area contributed by atoms with Crippen molar-refractivity contribution in [3.8, 4) is 5.88 Å². The van der Waals surface area contributed by atoms with Crippen LogP contribution >= 0.6 is 0 Å². The molecule has 11 heteroatoms. The normalized spacial score (nSPS) is 11.6. The Hall–Kier alpha value is -3.50. The lowest BCUT2D eigenvalue weighted by molar-refractivity contribution is -0.384. The number of halogens is 4. The van der Waals surface area contributed by atoms with Crippen LogP contribution in [-0.2, 0) is 4.79 Å². The van der Waals surface area contributed by atoms with Crippen LogP contribution in [0.4, 0.5) is 28.9 Å². The van der Waals surface area contributed by atoms with Gasteiger partial charge in [0.05, 0.1) is 16.8 Å². The number of benzene rings is 1. The second-order valence-corrected chi connectivity index (χ2v) is 5.41. The zero-order valence-electron chi connectivity index (χ0n) is 14.0. The molecule has 2 rings (SSSR count). The van der Waals surface area contributed by atoms with Crippen LogP contribution in [0.2, 0.25) is 0 Å². The number of nitrogens with one attached hydrogen (secondary N) is 1. The van der Waals surface area contributed by atoms with Crippen molar-refractivity contribution in [2.75, 3.05) is 11.9 Å². The number of alkyl halides is 4. The van der Waals surface area contributed by atoms with E-state index in [4.69, 9.17) is 0 Å². The number of carbonyl (C=O) groups is 1. The molecular formula is C17H13F4N3O4. The predicted octanol–water partition coefficient (Wildman–Crippen LogP) is 3.92. The molecule has 1 N–H and O–H groups in total. The van der Waals surface area contributed by atoms with E-state index in [2.05, 4.69) is 15.0 Å². The highest BCUT2D eigenvalue weighted by Gasteiger charge is 2.41. The number of anilines is 1. The highest BCUT2D eigenvalue weighted by molar-refractivity contribution is 6.01. The van der Waals surface area contributed by atoms with Gasteiger partial charge in [-0.3, -0.25) is 14.9 Å². The maximum absolute atomic E-state index is 12.8. The Morgan fingerprint density at radius 2 is 1.93 bits per heavy atom. The van der Waals surface area contributed by atoms with E-state index < -0.39 is 29.8 Å². The van der Waals surface area contributed by atoms with Crippen molar-refractivity contribution in [3.05, 3.63) is 64.3 Å². The van der Waals surface area contributed by atoms with Gasteiger partial charge in [-0.2, -0.15) is 8.78 Å². The predicted molar refractivity (Wildman–Crippen MR) is 91.4 cm³/mol. The van der Waals surface area contributed by atoms with Gasteiger partial charge in [0.25, 0.3) is 5.69 Å². The van der Waals surface area contributed by atoms with E-state index in [1.165, 1.54) is 42.5 Å². The first kappa shape index (κ1) is 20.8. The molecule has 148 valence electrons. The third-order valence-corrected chi connectivity index (χ3v) is 3.27. The van der Waals surface area contributed by atoms with Crippen LogP contribution in [0, 0.1) is 10.1 Å². The van der Waals surface area contributed by atoms with Crippen LogP contribution in [-0.4, -0.2) is 34.8 Å². The van der Waals surface area contributed by atoms with Gasteiger partial charge in [-0.05, 0) is 29.8 Å². The Kier molecular flexibility index (Phi) is 6.64. The van der Waals surface area contributed by atoms with Crippen molar-refractivity contribution in [1.29, 1.82) is 0 Å². The number of hydrogen-bond donors (Lipinski definition) is 1. The van der Waals surface area contributed by atoms with E-state index in [0.717, 1.165) is 12.3 Å². The average Bonchev–Trinajstić information content (AvgIpc) is 2.66. The van der Waals surface area contributed by atoms with Crippen molar-refractivity contribution < 1.29 is 32.0 Å². The molecule has 0 saturated carbocycles. The first-order valence-electron chi connectivity index (χ1n) is 7.66. The Morgan fingerprint density at radius 3 is 2.46 bits per heavy atom. The monoisotopic (exact) mass is 399 g/mol. The summed E-state index contributed by atoms with van der Waals surface area (Å²) in [5, 5.41) is 13.0. The first-order chi connectivity index (χ1) is 13.2. The van der Waals surface area contributed by atoms with E-state index in [-0.39, 0.29) is 17.3 Å². The van der Waals surface area contributed by atoms with E-state index >= 15 is 0 Å². The summed E-state index contributed by atoms with van der Waals surface area (Å²) in [5.74, 6) is -5.14. The van der Waals surface area contributed by atoms with Gasteiger partial charge < -0.3 is 10.1 Å².